The summed E-state index contributed by atoms with van der Waals surface area (Å²) in [6, 6.07) is 3.62. The molecule has 1 aliphatic heterocycles. The molecule has 3 amide bonds. The maximum absolute atomic E-state index is 12.6. The van der Waals surface area contributed by atoms with Crippen LogP contribution < -0.4 is 10.1 Å². The lowest BCUT2D eigenvalue weighted by atomic mass is 10.1. The molecule has 0 aliphatic carbocycles. The Morgan fingerprint density at radius 1 is 1.00 bits per heavy atom. The second-order valence-corrected chi connectivity index (χ2v) is 9.01. The Morgan fingerprint density at radius 2 is 1.55 bits per heavy atom. The van der Waals surface area contributed by atoms with Crippen molar-refractivity contribution in [2.75, 3.05) is 39.3 Å². The standard InChI is InChI=1S/C22H32ClN3O5/c1-15-11-17(12-16(2)20(15)23)30-14-19(28)26-8-6-7-25(9-10-26)18(27)13-24-21(29)31-22(3,4)5/h11-12H,6-10,13-14H2,1-5H3,(H,24,29). The molecule has 0 aromatic heterocycles. The first-order valence-electron chi connectivity index (χ1n) is 10.4. The highest BCUT2D eigenvalue weighted by Gasteiger charge is 2.23. The first-order valence-corrected chi connectivity index (χ1v) is 10.8. The Balaban J connectivity index is 1.80. The van der Waals surface area contributed by atoms with E-state index in [4.69, 9.17) is 21.1 Å². The fourth-order valence-corrected chi connectivity index (χ4v) is 3.32. The van der Waals surface area contributed by atoms with E-state index in [9.17, 15) is 14.4 Å². The van der Waals surface area contributed by atoms with Gasteiger partial charge in [-0.15, -0.1) is 0 Å². The minimum absolute atomic E-state index is 0.0747. The highest BCUT2D eigenvalue weighted by atomic mass is 35.5. The minimum atomic E-state index is -0.628. The fraction of sp³-hybridized carbons (Fsp3) is 0.591. The van der Waals surface area contributed by atoms with Gasteiger partial charge in [-0.25, -0.2) is 4.79 Å². The summed E-state index contributed by atoms with van der Waals surface area (Å²) < 4.78 is 10.8. The summed E-state index contributed by atoms with van der Waals surface area (Å²) in [5.74, 6) is 0.266. The number of amides is 3. The molecular formula is C22H32ClN3O5. The zero-order valence-corrected chi connectivity index (χ0v) is 19.7. The van der Waals surface area contributed by atoms with Gasteiger partial charge in [-0.2, -0.15) is 0 Å². The van der Waals surface area contributed by atoms with Gasteiger partial charge in [0.15, 0.2) is 6.61 Å². The number of ether oxygens (including phenoxy) is 2. The normalized spacial score (nSPS) is 14.6. The van der Waals surface area contributed by atoms with Gasteiger partial charge in [0.1, 0.15) is 17.9 Å². The second-order valence-electron chi connectivity index (χ2n) is 8.63. The number of nitrogens with zero attached hydrogens (tertiary/aromatic N) is 2. The van der Waals surface area contributed by atoms with Crippen molar-refractivity contribution in [2.24, 2.45) is 0 Å². The maximum atomic E-state index is 12.6. The van der Waals surface area contributed by atoms with Crippen molar-refractivity contribution in [2.45, 2.75) is 46.6 Å². The molecule has 1 saturated heterocycles. The average Bonchev–Trinajstić information content (AvgIpc) is 2.93. The molecule has 1 heterocycles. The monoisotopic (exact) mass is 453 g/mol. The number of benzene rings is 1. The Morgan fingerprint density at radius 3 is 2.10 bits per heavy atom. The highest BCUT2D eigenvalue weighted by Crippen LogP contribution is 2.25. The third-order valence-corrected chi connectivity index (χ3v) is 5.35. The summed E-state index contributed by atoms with van der Waals surface area (Å²) in [6.07, 6.45) is 0.0283. The molecule has 0 unspecified atom stereocenters. The van der Waals surface area contributed by atoms with Crippen LogP contribution in [0.15, 0.2) is 12.1 Å². The number of hydrogen-bond donors (Lipinski definition) is 1. The molecule has 1 aromatic rings. The summed E-state index contributed by atoms with van der Waals surface area (Å²) >= 11 is 6.17. The Kier molecular flexibility index (Phi) is 8.56. The van der Waals surface area contributed by atoms with E-state index in [0.717, 1.165) is 11.1 Å². The number of carbonyl (C=O) groups is 3. The van der Waals surface area contributed by atoms with Crippen molar-refractivity contribution in [3.8, 4) is 5.75 Å². The lowest BCUT2D eigenvalue weighted by molar-refractivity contribution is -0.134. The van der Waals surface area contributed by atoms with Gasteiger partial charge in [0.2, 0.25) is 5.91 Å². The largest absolute Gasteiger partial charge is 0.484 e. The molecular weight excluding hydrogens is 422 g/mol. The Hall–Kier alpha value is -2.48. The lowest BCUT2D eigenvalue weighted by Crippen LogP contribution is -2.44. The Bertz CT molecular complexity index is 799. The van der Waals surface area contributed by atoms with E-state index >= 15 is 0 Å². The summed E-state index contributed by atoms with van der Waals surface area (Å²) in [5.41, 5.74) is 1.17. The number of hydrogen-bond acceptors (Lipinski definition) is 5. The van der Waals surface area contributed by atoms with Gasteiger partial charge in [0.05, 0.1) is 0 Å². The van der Waals surface area contributed by atoms with E-state index in [1.807, 2.05) is 26.0 Å². The highest BCUT2D eigenvalue weighted by molar-refractivity contribution is 6.32. The van der Waals surface area contributed by atoms with Crippen molar-refractivity contribution < 1.29 is 23.9 Å². The van der Waals surface area contributed by atoms with Gasteiger partial charge in [0.25, 0.3) is 5.91 Å². The predicted molar refractivity (Wildman–Crippen MR) is 118 cm³/mol. The van der Waals surface area contributed by atoms with E-state index in [1.54, 1.807) is 30.6 Å². The summed E-state index contributed by atoms with van der Waals surface area (Å²) in [5, 5.41) is 3.17. The van der Waals surface area contributed by atoms with E-state index in [-0.39, 0.29) is 25.0 Å². The van der Waals surface area contributed by atoms with Crippen molar-refractivity contribution in [3.05, 3.63) is 28.3 Å². The molecule has 8 nitrogen and oxygen atoms in total. The topological polar surface area (TPSA) is 88.2 Å². The van der Waals surface area contributed by atoms with Gasteiger partial charge >= 0.3 is 6.09 Å². The smallest absolute Gasteiger partial charge is 0.408 e. The van der Waals surface area contributed by atoms with E-state index in [2.05, 4.69) is 5.32 Å². The van der Waals surface area contributed by atoms with E-state index in [1.165, 1.54) is 0 Å². The SMILES string of the molecule is Cc1cc(OCC(=O)N2CCCN(C(=O)CNC(=O)OC(C)(C)C)CC2)cc(C)c1Cl. The molecule has 9 heteroatoms. The van der Waals surface area contributed by atoms with E-state index < -0.39 is 11.7 Å². The minimum Gasteiger partial charge on any atom is -0.484 e. The van der Waals surface area contributed by atoms with Crippen LogP contribution >= 0.6 is 11.6 Å². The number of halogens is 1. The van der Waals surface area contributed by atoms with Crippen LogP contribution in [0.25, 0.3) is 0 Å². The van der Waals surface area contributed by atoms with Gasteiger partial charge in [-0.3, -0.25) is 9.59 Å². The number of nitrogens with one attached hydrogen (secondary N) is 1. The number of carbonyl (C=O) groups excluding carboxylic acids is 3. The molecule has 1 aliphatic rings. The quantitative estimate of drug-likeness (QED) is 0.740. The molecule has 1 fully saturated rings. The predicted octanol–water partition coefficient (Wildman–Crippen LogP) is 2.92. The van der Waals surface area contributed by atoms with Gasteiger partial charge < -0.3 is 24.6 Å². The van der Waals surface area contributed by atoms with Crippen LogP contribution in [0.5, 0.6) is 5.75 Å². The van der Waals surface area contributed by atoms with Crippen LogP contribution in [0.2, 0.25) is 5.02 Å². The molecule has 2 rings (SSSR count). The zero-order chi connectivity index (χ0) is 23.2. The van der Waals surface area contributed by atoms with Crippen LogP contribution in [0.1, 0.15) is 38.3 Å². The first kappa shape index (κ1) is 24.8. The maximum Gasteiger partial charge on any atom is 0.408 e. The average molecular weight is 454 g/mol. The molecule has 0 bridgehead atoms. The van der Waals surface area contributed by atoms with Crippen LogP contribution in [-0.2, 0) is 14.3 Å². The second kappa shape index (κ2) is 10.7. The van der Waals surface area contributed by atoms with Gasteiger partial charge in [-0.05, 0) is 64.3 Å². The van der Waals surface area contributed by atoms with Crippen molar-refractivity contribution in [1.29, 1.82) is 0 Å². The van der Waals surface area contributed by atoms with Crippen LogP contribution in [0, 0.1) is 13.8 Å². The van der Waals surface area contributed by atoms with Crippen LogP contribution in [0.3, 0.4) is 0 Å². The molecule has 1 aromatic carbocycles. The van der Waals surface area contributed by atoms with Gasteiger partial charge in [0, 0.05) is 31.2 Å². The zero-order valence-electron chi connectivity index (χ0n) is 18.9. The fourth-order valence-electron chi connectivity index (χ4n) is 3.22. The van der Waals surface area contributed by atoms with Crippen LogP contribution in [-0.4, -0.2) is 72.6 Å². The third kappa shape index (κ3) is 7.94. The summed E-state index contributed by atoms with van der Waals surface area (Å²) in [6.45, 7) is 10.7. The van der Waals surface area contributed by atoms with E-state index in [0.29, 0.717) is 43.4 Å². The van der Waals surface area contributed by atoms with Crippen molar-refractivity contribution >= 4 is 29.5 Å². The molecule has 0 spiro atoms. The lowest BCUT2D eigenvalue weighted by Gasteiger charge is -2.23. The summed E-state index contributed by atoms with van der Waals surface area (Å²) in [4.78, 5) is 40.1. The van der Waals surface area contributed by atoms with Gasteiger partial charge in [-0.1, -0.05) is 11.6 Å². The van der Waals surface area contributed by atoms with Crippen LogP contribution in [0.4, 0.5) is 4.79 Å². The molecule has 172 valence electrons. The third-order valence-electron chi connectivity index (χ3n) is 4.76. The Labute approximate surface area is 188 Å². The molecule has 0 saturated carbocycles. The number of alkyl carbamates (subject to hydrolysis) is 1. The van der Waals surface area contributed by atoms with Crippen molar-refractivity contribution in [1.82, 2.24) is 15.1 Å². The first-order chi connectivity index (χ1) is 14.5. The molecule has 31 heavy (non-hydrogen) atoms. The number of rotatable bonds is 5. The molecule has 0 atom stereocenters. The van der Waals surface area contributed by atoms with Crippen molar-refractivity contribution in [3.63, 3.8) is 0 Å². The number of aryl methyl sites for hydroxylation is 2. The summed E-state index contributed by atoms with van der Waals surface area (Å²) in [7, 11) is 0. The molecule has 0 radical (unpaired) electrons. The molecule has 1 N–H and O–H groups in total.